The number of benzene rings is 4. The summed E-state index contributed by atoms with van der Waals surface area (Å²) < 4.78 is 110. The summed E-state index contributed by atoms with van der Waals surface area (Å²) in [6.45, 7) is 4.20. The van der Waals surface area contributed by atoms with Gasteiger partial charge in [0.2, 0.25) is 11.6 Å². The van der Waals surface area contributed by atoms with Crippen LogP contribution in [-0.2, 0) is 99.6 Å². The van der Waals surface area contributed by atoms with Gasteiger partial charge in [-0.05, 0) is 30.5 Å². The lowest BCUT2D eigenvalue weighted by atomic mass is 9.94. The van der Waals surface area contributed by atoms with E-state index in [1.165, 1.54) is 28.3 Å². The van der Waals surface area contributed by atoms with Crippen molar-refractivity contribution in [2.45, 2.75) is 120 Å². The van der Waals surface area contributed by atoms with Gasteiger partial charge in [0.1, 0.15) is 42.7 Å². The molecule has 0 amide bonds. The van der Waals surface area contributed by atoms with Gasteiger partial charge in [0, 0.05) is 33.8 Å². The molecule has 4 aromatic rings. The summed E-state index contributed by atoms with van der Waals surface area (Å²) in [6, 6.07) is 37.4. The summed E-state index contributed by atoms with van der Waals surface area (Å²) in [5, 5.41) is 0. The van der Waals surface area contributed by atoms with E-state index < -0.39 is 99.7 Å². The highest BCUT2D eigenvalue weighted by molar-refractivity contribution is 7.48. The lowest BCUT2D eigenvalue weighted by Crippen LogP contribution is -2.73. The number of carbonyl (C=O) groups excluding carboxylic acids is 1. The smallest absolute Gasteiger partial charge is 0.457 e. The first-order chi connectivity index (χ1) is 32.4. The van der Waals surface area contributed by atoms with Crippen molar-refractivity contribution in [3.63, 3.8) is 0 Å². The molecule has 4 heterocycles. The van der Waals surface area contributed by atoms with Gasteiger partial charge in [0.25, 0.3) is 0 Å². The minimum absolute atomic E-state index is 0.00973. The quantitative estimate of drug-likeness (QED) is 0.0684. The van der Waals surface area contributed by atoms with E-state index in [0.717, 1.165) is 16.7 Å². The number of methoxy groups -OCH3 is 3. The topological polar surface area (TPSA) is 173 Å². The van der Waals surface area contributed by atoms with Crippen molar-refractivity contribution in [1.29, 1.82) is 0 Å². The summed E-state index contributed by atoms with van der Waals surface area (Å²) in [7, 11) is -0.342. The number of carbonyl (C=O) groups is 1. The zero-order valence-electron chi connectivity index (χ0n) is 38.3. The van der Waals surface area contributed by atoms with Crippen LogP contribution in [0.2, 0.25) is 0 Å². The van der Waals surface area contributed by atoms with Crippen molar-refractivity contribution in [1.82, 2.24) is 0 Å². The van der Waals surface area contributed by atoms with Gasteiger partial charge in [-0.15, -0.1) is 0 Å². The minimum atomic E-state index is -4.77. The Labute approximate surface area is 390 Å². The van der Waals surface area contributed by atoms with Gasteiger partial charge < -0.3 is 56.8 Å². The second kappa shape index (κ2) is 22.2. The maximum atomic E-state index is 15.4. The Morgan fingerprint density at radius 3 is 1.72 bits per heavy atom. The molecule has 67 heavy (non-hydrogen) atoms. The van der Waals surface area contributed by atoms with Crippen LogP contribution in [0.15, 0.2) is 121 Å². The molecule has 18 heteroatoms. The van der Waals surface area contributed by atoms with Crippen molar-refractivity contribution in [3.8, 4) is 0 Å². The van der Waals surface area contributed by atoms with Crippen molar-refractivity contribution >= 4 is 13.8 Å². The van der Waals surface area contributed by atoms with Crippen molar-refractivity contribution in [2.24, 2.45) is 0 Å². The van der Waals surface area contributed by atoms with E-state index in [-0.39, 0.29) is 26.4 Å². The first-order valence-corrected chi connectivity index (χ1v) is 23.6. The van der Waals surface area contributed by atoms with Crippen LogP contribution in [-0.4, -0.2) is 113 Å². The van der Waals surface area contributed by atoms with Crippen LogP contribution in [0.5, 0.6) is 0 Å². The molecule has 0 saturated carbocycles. The van der Waals surface area contributed by atoms with E-state index in [4.69, 9.17) is 70.4 Å². The maximum absolute atomic E-state index is 15.4. The number of rotatable bonds is 19. The van der Waals surface area contributed by atoms with Crippen molar-refractivity contribution in [2.75, 3.05) is 34.5 Å². The van der Waals surface area contributed by atoms with Crippen molar-refractivity contribution in [3.05, 3.63) is 144 Å². The zero-order valence-corrected chi connectivity index (χ0v) is 39.2. The number of ether oxygens (including phenoxy) is 12. The summed E-state index contributed by atoms with van der Waals surface area (Å²) >= 11 is 0. The fraction of sp³-hybridized carbons (Fsp3) is 0.490. The van der Waals surface area contributed by atoms with Gasteiger partial charge >= 0.3 is 13.8 Å². The molecule has 0 aliphatic carbocycles. The highest BCUT2D eigenvalue weighted by Crippen LogP contribution is 2.55. The zero-order chi connectivity index (χ0) is 47.0. The van der Waals surface area contributed by atoms with E-state index in [0.29, 0.717) is 5.56 Å². The van der Waals surface area contributed by atoms with Crippen LogP contribution in [0.25, 0.3) is 0 Å². The Hall–Kier alpha value is -3.98. The van der Waals surface area contributed by atoms with E-state index in [2.05, 4.69) is 0 Å². The molecular weight excluding hydrogens is 891 g/mol. The van der Waals surface area contributed by atoms with Crippen LogP contribution in [0.4, 0.5) is 0 Å². The van der Waals surface area contributed by atoms with Gasteiger partial charge in [-0.3, -0.25) is 18.4 Å². The molecule has 0 radical (unpaired) electrons. The molecule has 0 bridgehead atoms. The normalized spacial score (nSPS) is 33.7. The second-order valence-corrected chi connectivity index (χ2v) is 18.3. The molecule has 0 spiro atoms. The van der Waals surface area contributed by atoms with Gasteiger partial charge in [-0.1, -0.05) is 121 Å². The van der Waals surface area contributed by atoms with Gasteiger partial charge in [-0.2, -0.15) is 0 Å². The molecule has 4 saturated heterocycles. The number of hydrogen-bond donors (Lipinski definition) is 0. The molecule has 4 aliphatic rings. The minimum Gasteiger partial charge on any atom is -0.457 e. The predicted molar refractivity (Wildman–Crippen MR) is 236 cm³/mol. The van der Waals surface area contributed by atoms with Crippen molar-refractivity contribution < 1.29 is 79.8 Å². The predicted octanol–water partition coefficient (Wildman–Crippen LogP) is 7.17. The SMILES string of the molecule is CO[C@H]1O[C@H](COP(=O)(OCc2ccccc2)O[C@H]2O[C@@H]3COC(c4ccccc4)O[C@H]3[C@H](OC(C)=O)[C@@H]2OCc2ccccc2)[C@H]2O[C@](C)(OC)[C@@](C)(OC)O[C@@H]2[C@@H]1OCc1ccccc1. The maximum Gasteiger partial charge on any atom is 0.477 e. The molecule has 4 fully saturated rings. The Morgan fingerprint density at radius 2 is 1.16 bits per heavy atom. The first-order valence-electron chi connectivity index (χ1n) is 22.1. The van der Waals surface area contributed by atoms with Gasteiger partial charge in [0.05, 0.1) is 33.0 Å². The third-order valence-corrected chi connectivity index (χ3v) is 13.6. The third-order valence-electron chi connectivity index (χ3n) is 12.2. The Kier molecular flexibility index (Phi) is 16.4. The fourth-order valence-corrected chi connectivity index (χ4v) is 9.68. The third kappa shape index (κ3) is 11.6. The molecule has 8 rings (SSSR count). The van der Waals surface area contributed by atoms with Crippen LogP contribution < -0.4 is 0 Å². The monoisotopic (exact) mass is 950 g/mol. The largest absolute Gasteiger partial charge is 0.477 e. The summed E-state index contributed by atoms with van der Waals surface area (Å²) in [4.78, 5) is 12.9. The Bertz CT molecular complexity index is 2210. The molecule has 14 atom stereocenters. The molecule has 4 aromatic carbocycles. The number of phosphoric acid groups is 1. The van der Waals surface area contributed by atoms with E-state index in [1.54, 1.807) is 26.0 Å². The Morgan fingerprint density at radius 1 is 0.627 bits per heavy atom. The molecule has 0 N–H and O–H groups in total. The van der Waals surface area contributed by atoms with E-state index >= 15 is 4.57 Å². The number of fused-ring (bicyclic) bond motifs is 2. The molecule has 17 nitrogen and oxygen atoms in total. The lowest BCUT2D eigenvalue weighted by molar-refractivity contribution is -0.480. The summed E-state index contributed by atoms with van der Waals surface area (Å²) in [5.74, 6) is -3.54. The molecule has 362 valence electrons. The fourth-order valence-electron chi connectivity index (χ4n) is 8.42. The number of phosphoric ester groups is 1. The highest BCUT2D eigenvalue weighted by atomic mass is 31.2. The van der Waals surface area contributed by atoms with Gasteiger partial charge in [0.15, 0.2) is 25.0 Å². The van der Waals surface area contributed by atoms with Crippen LogP contribution in [0, 0.1) is 0 Å². The van der Waals surface area contributed by atoms with Crippen LogP contribution in [0.3, 0.4) is 0 Å². The van der Waals surface area contributed by atoms with Gasteiger partial charge in [-0.25, -0.2) is 4.57 Å². The van der Waals surface area contributed by atoms with E-state index in [1.807, 2.05) is 109 Å². The molecular formula is C49H59O17P. The summed E-state index contributed by atoms with van der Waals surface area (Å²) in [6.07, 6.45) is -11.4. The first kappa shape index (κ1) is 49.4. The number of esters is 1. The molecule has 4 aliphatic heterocycles. The average molecular weight is 951 g/mol. The second-order valence-electron chi connectivity index (χ2n) is 16.7. The standard InChI is InChI=1S/C49H59O17P/c1-32(50)60-41-39-37(30-57-45(63-39)36-25-17-10-18-26-36)62-47(43(41)55-27-33-19-11-7-12-20-33)66-67(51,58-29-35-23-15-9-16-24-35)59-31-38-40-42(65-49(3,54-6)48(2,53-5)64-40)44(46(52-4)61-38)56-28-34-21-13-8-14-22-34/h7-26,37-47H,27-31H2,1-6H3/t37-,38-,39-,40-,41+,42+,43+,44+,45?,46+,47-,48+,49+,67?/m1/s1. The Balaban J connectivity index is 1.10. The summed E-state index contributed by atoms with van der Waals surface area (Å²) in [5.41, 5.74) is 3.11. The van der Waals surface area contributed by atoms with Crippen LogP contribution in [0.1, 0.15) is 49.3 Å². The number of hydrogen-bond acceptors (Lipinski definition) is 17. The molecule has 0 aromatic heterocycles. The molecule has 2 unspecified atom stereocenters. The van der Waals surface area contributed by atoms with Crippen LogP contribution >= 0.6 is 7.82 Å². The highest BCUT2D eigenvalue weighted by Gasteiger charge is 2.63. The lowest BCUT2D eigenvalue weighted by Gasteiger charge is -2.57. The average Bonchev–Trinajstić information content (AvgIpc) is 3.35. The van der Waals surface area contributed by atoms with E-state index in [9.17, 15) is 4.79 Å².